The second kappa shape index (κ2) is 12.6. The van der Waals surface area contributed by atoms with Crippen molar-refractivity contribution >= 4 is 51.3 Å². The van der Waals surface area contributed by atoms with Crippen molar-refractivity contribution in [3.05, 3.63) is 59.5 Å². The summed E-state index contributed by atoms with van der Waals surface area (Å²) in [6, 6.07) is 12.3. The van der Waals surface area contributed by atoms with Crippen LogP contribution in [0.5, 0.6) is 5.75 Å². The summed E-state index contributed by atoms with van der Waals surface area (Å²) in [4.78, 5) is 14.9. The summed E-state index contributed by atoms with van der Waals surface area (Å²) in [6.45, 7) is 6.13. The Hall–Kier alpha value is -3.45. The quantitative estimate of drug-likeness (QED) is 0.202. The SMILES string of the molecule is Cn1ccnc1Sc1ccc(Nc2c(C#N)cnc3cc(N4CCCC4)c(OCCCN4CCCC4)cc23)cc1Cl. The number of likely N-dealkylation sites (tertiary alicyclic amines) is 1. The van der Waals surface area contributed by atoms with Crippen molar-refractivity contribution in [2.75, 3.05) is 49.5 Å². The van der Waals surface area contributed by atoms with E-state index in [1.54, 1.807) is 12.4 Å². The highest BCUT2D eigenvalue weighted by molar-refractivity contribution is 7.99. The van der Waals surface area contributed by atoms with Crippen LogP contribution in [0.4, 0.5) is 17.1 Å². The maximum Gasteiger partial charge on any atom is 0.172 e. The molecule has 4 heterocycles. The van der Waals surface area contributed by atoms with Crippen LogP contribution in [0.15, 0.2) is 59.0 Å². The number of halogens is 1. The molecule has 0 radical (unpaired) electrons. The molecule has 2 aliphatic heterocycles. The number of fused-ring (bicyclic) bond motifs is 1. The fraction of sp³-hybridized carbons (Fsp3) is 0.387. The van der Waals surface area contributed by atoms with Crippen LogP contribution in [-0.2, 0) is 7.05 Å². The van der Waals surface area contributed by atoms with Crippen molar-refractivity contribution < 1.29 is 4.74 Å². The van der Waals surface area contributed by atoms with Crippen molar-refractivity contribution in [3.8, 4) is 11.8 Å². The van der Waals surface area contributed by atoms with E-state index in [1.165, 1.54) is 50.5 Å². The van der Waals surface area contributed by atoms with Crippen LogP contribution in [-0.4, -0.2) is 58.8 Å². The van der Waals surface area contributed by atoms with Crippen LogP contribution in [0.1, 0.15) is 37.7 Å². The molecule has 212 valence electrons. The van der Waals surface area contributed by atoms with Crippen LogP contribution in [0, 0.1) is 11.3 Å². The van der Waals surface area contributed by atoms with E-state index in [-0.39, 0.29) is 0 Å². The molecule has 0 aliphatic carbocycles. The number of hydrogen-bond donors (Lipinski definition) is 1. The molecule has 0 saturated carbocycles. The fourth-order valence-electron chi connectivity index (χ4n) is 5.58. The van der Waals surface area contributed by atoms with E-state index in [0.29, 0.717) is 22.9 Å². The molecular formula is C31H34ClN7OS. The Morgan fingerprint density at radius 2 is 1.88 bits per heavy atom. The minimum absolute atomic E-state index is 0.467. The van der Waals surface area contributed by atoms with Crippen LogP contribution >= 0.6 is 23.4 Å². The molecule has 0 bridgehead atoms. The lowest BCUT2D eigenvalue weighted by molar-refractivity contribution is 0.264. The zero-order chi connectivity index (χ0) is 28.2. The lowest BCUT2D eigenvalue weighted by atomic mass is 10.1. The monoisotopic (exact) mass is 587 g/mol. The second-order valence-corrected chi connectivity index (χ2v) is 12.0. The van der Waals surface area contributed by atoms with Gasteiger partial charge in [-0.3, -0.25) is 4.98 Å². The Kier molecular flexibility index (Phi) is 8.51. The molecule has 0 amide bonds. The van der Waals surface area contributed by atoms with E-state index >= 15 is 0 Å². The van der Waals surface area contributed by atoms with E-state index in [9.17, 15) is 5.26 Å². The average molecular weight is 588 g/mol. The number of aryl methyl sites for hydroxylation is 1. The molecule has 6 rings (SSSR count). The van der Waals surface area contributed by atoms with E-state index < -0.39 is 0 Å². The highest BCUT2D eigenvalue weighted by atomic mass is 35.5. The third kappa shape index (κ3) is 6.25. The predicted molar refractivity (Wildman–Crippen MR) is 166 cm³/mol. The predicted octanol–water partition coefficient (Wildman–Crippen LogP) is 6.85. The molecule has 0 unspecified atom stereocenters. The van der Waals surface area contributed by atoms with Gasteiger partial charge in [-0.2, -0.15) is 5.26 Å². The number of rotatable bonds is 10. The molecule has 0 atom stereocenters. The molecule has 41 heavy (non-hydrogen) atoms. The number of nitrogens with one attached hydrogen (secondary N) is 1. The number of hydrogen-bond acceptors (Lipinski definition) is 8. The van der Waals surface area contributed by atoms with Crippen molar-refractivity contribution in [3.63, 3.8) is 0 Å². The normalized spacial score (nSPS) is 15.5. The summed E-state index contributed by atoms with van der Waals surface area (Å²) in [5, 5.41) is 15.8. The number of anilines is 3. The average Bonchev–Trinajstić information content (AvgIpc) is 3.77. The van der Waals surface area contributed by atoms with Gasteiger partial charge in [0.1, 0.15) is 11.8 Å². The number of aromatic nitrogens is 3. The van der Waals surface area contributed by atoms with Gasteiger partial charge in [0, 0.05) is 61.2 Å². The molecule has 0 spiro atoms. The third-order valence-electron chi connectivity index (χ3n) is 7.77. The summed E-state index contributed by atoms with van der Waals surface area (Å²) in [7, 11) is 1.96. The first-order chi connectivity index (χ1) is 20.1. The molecule has 2 fully saturated rings. The minimum Gasteiger partial charge on any atom is -0.491 e. The molecule has 1 N–H and O–H groups in total. The van der Waals surface area contributed by atoms with Gasteiger partial charge in [-0.25, -0.2) is 4.98 Å². The molecular weight excluding hydrogens is 554 g/mol. The Morgan fingerprint density at radius 1 is 1.07 bits per heavy atom. The topological polar surface area (TPSA) is 82.2 Å². The zero-order valence-electron chi connectivity index (χ0n) is 23.3. The number of ether oxygens (including phenoxy) is 1. The van der Waals surface area contributed by atoms with Gasteiger partial charge in [0.05, 0.1) is 34.1 Å². The van der Waals surface area contributed by atoms with Crippen LogP contribution in [0.3, 0.4) is 0 Å². The van der Waals surface area contributed by atoms with E-state index in [1.807, 2.05) is 36.0 Å². The van der Waals surface area contributed by atoms with E-state index in [4.69, 9.17) is 16.3 Å². The second-order valence-electron chi connectivity index (χ2n) is 10.6. The van der Waals surface area contributed by atoms with Gasteiger partial charge in [-0.05, 0) is 75.5 Å². The first-order valence-electron chi connectivity index (χ1n) is 14.3. The first-order valence-corrected chi connectivity index (χ1v) is 15.5. The van der Waals surface area contributed by atoms with Crippen molar-refractivity contribution in [2.24, 2.45) is 7.05 Å². The van der Waals surface area contributed by atoms with Gasteiger partial charge >= 0.3 is 0 Å². The molecule has 2 aromatic heterocycles. The number of imidazole rings is 1. The first kappa shape index (κ1) is 27.7. The van der Waals surface area contributed by atoms with Crippen molar-refractivity contribution in [1.82, 2.24) is 19.4 Å². The number of pyridine rings is 1. The number of benzene rings is 2. The molecule has 2 saturated heterocycles. The van der Waals surface area contributed by atoms with Gasteiger partial charge in [0.25, 0.3) is 0 Å². The number of nitrogens with zero attached hydrogens (tertiary/aromatic N) is 6. The molecule has 10 heteroatoms. The summed E-state index contributed by atoms with van der Waals surface area (Å²) in [5.74, 6) is 0.848. The Labute approximate surface area is 250 Å². The van der Waals surface area contributed by atoms with Crippen LogP contribution < -0.4 is 15.0 Å². The van der Waals surface area contributed by atoms with Crippen molar-refractivity contribution in [1.29, 1.82) is 5.26 Å². The summed E-state index contributed by atoms with van der Waals surface area (Å²) in [6.07, 6.45) is 11.2. The summed E-state index contributed by atoms with van der Waals surface area (Å²) >= 11 is 8.20. The summed E-state index contributed by atoms with van der Waals surface area (Å²) < 4.78 is 8.41. The standard InChI is InChI=1S/C31H34ClN7OS/c1-37-15-9-34-31(37)41-29-8-7-23(17-25(29)32)36-30-22(20-33)21-35-26-19-27(39-13-4-5-14-39)28(18-24(26)30)40-16-6-12-38-10-2-3-11-38/h7-9,15,17-19,21H,2-6,10-14,16H2,1H3,(H,35,36). The third-order valence-corrected chi connectivity index (χ3v) is 9.35. The molecule has 2 aliphatic rings. The molecule has 4 aromatic rings. The van der Waals surface area contributed by atoms with Crippen molar-refractivity contribution in [2.45, 2.75) is 42.2 Å². The molecule has 2 aromatic carbocycles. The Balaban J connectivity index is 1.29. The van der Waals surface area contributed by atoms with Gasteiger partial charge in [0.2, 0.25) is 0 Å². The summed E-state index contributed by atoms with van der Waals surface area (Å²) in [5.41, 5.74) is 3.87. The van der Waals surface area contributed by atoms with E-state index in [2.05, 4.69) is 43.3 Å². The molecule has 8 nitrogen and oxygen atoms in total. The zero-order valence-corrected chi connectivity index (χ0v) is 24.8. The van der Waals surface area contributed by atoms with E-state index in [0.717, 1.165) is 64.1 Å². The maximum atomic E-state index is 9.99. The van der Waals surface area contributed by atoms with Crippen LogP contribution in [0.25, 0.3) is 10.9 Å². The number of nitriles is 1. The lowest BCUT2D eigenvalue weighted by Crippen LogP contribution is -2.22. The smallest absolute Gasteiger partial charge is 0.172 e. The van der Waals surface area contributed by atoms with Gasteiger partial charge < -0.3 is 24.4 Å². The van der Waals surface area contributed by atoms with Gasteiger partial charge in [0.15, 0.2) is 5.16 Å². The Morgan fingerprint density at radius 3 is 2.61 bits per heavy atom. The lowest BCUT2D eigenvalue weighted by Gasteiger charge is -2.23. The fourth-order valence-corrected chi connectivity index (χ4v) is 6.68. The maximum absolute atomic E-state index is 9.99. The largest absolute Gasteiger partial charge is 0.491 e. The van der Waals surface area contributed by atoms with Gasteiger partial charge in [-0.15, -0.1) is 0 Å². The highest BCUT2D eigenvalue weighted by Crippen LogP contribution is 2.40. The minimum atomic E-state index is 0.467. The Bertz CT molecular complexity index is 1570. The highest BCUT2D eigenvalue weighted by Gasteiger charge is 2.21. The van der Waals surface area contributed by atoms with Gasteiger partial charge in [-0.1, -0.05) is 23.4 Å². The van der Waals surface area contributed by atoms with Crippen LogP contribution in [0.2, 0.25) is 5.02 Å².